The number of benzene rings is 1. The van der Waals surface area contributed by atoms with Crippen LogP contribution in [-0.2, 0) is 17.6 Å². The lowest BCUT2D eigenvalue weighted by atomic mass is 9.91. The quantitative estimate of drug-likeness (QED) is 0.766. The van der Waals surface area contributed by atoms with Gasteiger partial charge in [-0.1, -0.05) is 24.3 Å². The molecule has 0 bridgehead atoms. The number of carbonyl (C=O) groups is 1. The van der Waals surface area contributed by atoms with Crippen LogP contribution in [0.15, 0.2) is 24.3 Å². The van der Waals surface area contributed by atoms with Gasteiger partial charge in [0, 0.05) is 39.0 Å². The van der Waals surface area contributed by atoms with E-state index in [9.17, 15) is 4.79 Å². The summed E-state index contributed by atoms with van der Waals surface area (Å²) in [6.07, 6.45) is 1.52. The van der Waals surface area contributed by atoms with Crippen molar-refractivity contribution in [2.45, 2.75) is 18.4 Å². The molecule has 1 aliphatic carbocycles. The summed E-state index contributed by atoms with van der Waals surface area (Å²) in [6.45, 7) is 3.67. The maximum atomic E-state index is 12.1. The topological polar surface area (TPSA) is 58.4 Å². The van der Waals surface area contributed by atoms with Crippen molar-refractivity contribution in [3.05, 3.63) is 35.4 Å². The third-order valence-corrected chi connectivity index (χ3v) is 4.27. The summed E-state index contributed by atoms with van der Waals surface area (Å²) in [5.41, 5.74) is 7.79. The lowest BCUT2D eigenvalue weighted by molar-refractivity contribution is -0.130. The molecule has 1 aromatic rings. The maximum absolute atomic E-state index is 12.1. The van der Waals surface area contributed by atoms with Crippen molar-refractivity contribution in [2.24, 2.45) is 5.73 Å². The van der Waals surface area contributed by atoms with E-state index in [0.717, 1.165) is 39.0 Å². The molecule has 0 saturated carbocycles. The van der Waals surface area contributed by atoms with Crippen LogP contribution in [0.25, 0.3) is 0 Å². The molecule has 1 amide bonds. The molecule has 1 fully saturated rings. The minimum Gasteiger partial charge on any atom is -0.368 e. The van der Waals surface area contributed by atoms with Crippen molar-refractivity contribution < 1.29 is 4.79 Å². The molecule has 0 atom stereocenters. The highest BCUT2D eigenvalue weighted by Crippen LogP contribution is 2.34. The molecule has 4 nitrogen and oxygen atoms in total. The van der Waals surface area contributed by atoms with Crippen molar-refractivity contribution in [3.63, 3.8) is 0 Å². The second kappa shape index (κ2) is 4.37. The summed E-state index contributed by atoms with van der Waals surface area (Å²) >= 11 is 0. The molecule has 0 spiro atoms. The monoisotopic (exact) mass is 245 g/mol. The Morgan fingerprint density at radius 1 is 1.17 bits per heavy atom. The van der Waals surface area contributed by atoms with E-state index < -0.39 is 5.54 Å². The van der Waals surface area contributed by atoms with Gasteiger partial charge in [0.05, 0.1) is 0 Å². The molecule has 0 unspecified atom stereocenters. The number of fused-ring (bicyclic) bond motifs is 1. The lowest BCUT2D eigenvalue weighted by Gasteiger charge is -2.41. The largest absolute Gasteiger partial charge is 0.368 e. The van der Waals surface area contributed by atoms with Gasteiger partial charge in [0.25, 0.3) is 0 Å². The molecule has 1 saturated heterocycles. The Bertz CT molecular complexity index is 441. The maximum Gasteiger partial charge on any atom is 0.238 e. The van der Waals surface area contributed by atoms with E-state index in [4.69, 9.17) is 5.73 Å². The Hall–Kier alpha value is -1.39. The molecule has 96 valence electrons. The van der Waals surface area contributed by atoms with Gasteiger partial charge in [-0.05, 0) is 11.1 Å². The predicted octanol–water partition coefficient (Wildman–Crippen LogP) is -0.0855. The second-order valence-electron chi connectivity index (χ2n) is 5.26. The SMILES string of the molecule is NC(=O)C1(N2CCNCC2)Cc2ccccc2C1. The van der Waals surface area contributed by atoms with Crippen molar-refractivity contribution in [1.29, 1.82) is 0 Å². The Morgan fingerprint density at radius 3 is 2.22 bits per heavy atom. The molecule has 0 aromatic heterocycles. The van der Waals surface area contributed by atoms with Crippen LogP contribution in [-0.4, -0.2) is 42.5 Å². The number of nitrogens with two attached hydrogens (primary N) is 1. The van der Waals surface area contributed by atoms with Crippen molar-refractivity contribution in [1.82, 2.24) is 10.2 Å². The van der Waals surface area contributed by atoms with E-state index in [-0.39, 0.29) is 5.91 Å². The highest BCUT2D eigenvalue weighted by atomic mass is 16.1. The molecule has 4 heteroatoms. The fourth-order valence-corrected chi connectivity index (χ4v) is 3.24. The van der Waals surface area contributed by atoms with Crippen LogP contribution < -0.4 is 11.1 Å². The van der Waals surface area contributed by atoms with Gasteiger partial charge in [-0.15, -0.1) is 0 Å². The molecule has 2 aliphatic rings. The zero-order valence-corrected chi connectivity index (χ0v) is 10.5. The Kier molecular flexibility index (Phi) is 2.84. The molecule has 1 heterocycles. The Morgan fingerprint density at radius 2 is 1.72 bits per heavy atom. The zero-order valence-electron chi connectivity index (χ0n) is 10.5. The van der Waals surface area contributed by atoms with Gasteiger partial charge < -0.3 is 11.1 Å². The fraction of sp³-hybridized carbons (Fsp3) is 0.500. The highest BCUT2D eigenvalue weighted by molar-refractivity contribution is 5.86. The number of primary amides is 1. The second-order valence-corrected chi connectivity index (χ2v) is 5.26. The van der Waals surface area contributed by atoms with Crippen LogP contribution in [0.2, 0.25) is 0 Å². The first-order valence-corrected chi connectivity index (χ1v) is 6.55. The number of hydrogen-bond acceptors (Lipinski definition) is 3. The van der Waals surface area contributed by atoms with Crippen LogP contribution in [0.3, 0.4) is 0 Å². The van der Waals surface area contributed by atoms with E-state index in [1.807, 2.05) is 12.1 Å². The van der Waals surface area contributed by atoms with Crippen LogP contribution >= 0.6 is 0 Å². The summed E-state index contributed by atoms with van der Waals surface area (Å²) in [5.74, 6) is -0.180. The molecule has 3 rings (SSSR count). The summed E-state index contributed by atoms with van der Waals surface area (Å²) in [7, 11) is 0. The van der Waals surface area contributed by atoms with Gasteiger partial charge in [-0.2, -0.15) is 0 Å². The van der Waals surface area contributed by atoms with Gasteiger partial charge in [0.2, 0.25) is 5.91 Å². The average molecular weight is 245 g/mol. The molecule has 18 heavy (non-hydrogen) atoms. The molecule has 0 radical (unpaired) electrons. The number of piperazine rings is 1. The lowest BCUT2D eigenvalue weighted by Crippen LogP contribution is -2.62. The van der Waals surface area contributed by atoms with Gasteiger partial charge in [0.1, 0.15) is 5.54 Å². The number of carbonyl (C=O) groups excluding carboxylic acids is 1. The average Bonchev–Trinajstić information content (AvgIpc) is 2.80. The Labute approximate surface area is 107 Å². The van der Waals surface area contributed by atoms with E-state index in [1.54, 1.807) is 0 Å². The smallest absolute Gasteiger partial charge is 0.238 e. The summed E-state index contributed by atoms with van der Waals surface area (Å²) in [4.78, 5) is 14.3. The first-order chi connectivity index (χ1) is 8.72. The van der Waals surface area contributed by atoms with Gasteiger partial charge in [-0.25, -0.2) is 0 Å². The van der Waals surface area contributed by atoms with Crippen molar-refractivity contribution in [3.8, 4) is 0 Å². The van der Waals surface area contributed by atoms with Crippen LogP contribution in [0.5, 0.6) is 0 Å². The minimum absolute atomic E-state index is 0.180. The normalized spacial score (nSPS) is 22.7. The van der Waals surface area contributed by atoms with E-state index >= 15 is 0 Å². The van der Waals surface area contributed by atoms with Crippen molar-refractivity contribution >= 4 is 5.91 Å². The first-order valence-electron chi connectivity index (χ1n) is 6.55. The first kappa shape index (κ1) is 11.7. The van der Waals surface area contributed by atoms with E-state index in [0.29, 0.717) is 0 Å². The minimum atomic E-state index is -0.494. The number of nitrogens with zero attached hydrogens (tertiary/aromatic N) is 1. The molecule has 1 aliphatic heterocycles. The molecular weight excluding hydrogens is 226 g/mol. The molecular formula is C14H19N3O. The highest BCUT2D eigenvalue weighted by Gasteiger charge is 2.47. The van der Waals surface area contributed by atoms with Crippen LogP contribution in [0, 0.1) is 0 Å². The van der Waals surface area contributed by atoms with E-state index in [1.165, 1.54) is 11.1 Å². The van der Waals surface area contributed by atoms with Crippen LogP contribution in [0.1, 0.15) is 11.1 Å². The predicted molar refractivity (Wildman–Crippen MR) is 70.2 cm³/mol. The van der Waals surface area contributed by atoms with Gasteiger partial charge in [-0.3, -0.25) is 9.69 Å². The molecule has 3 N–H and O–H groups in total. The van der Waals surface area contributed by atoms with Gasteiger partial charge in [0.15, 0.2) is 0 Å². The Balaban J connectivity index is 1.93. The van der Waals surface area contributed by atoms with Crippen LogP contribution in [0.4, 0.5) is 0 Å². The number of rotatable bonds is 2. The number of amides is 1. The standard InChI is InChI=1S/C14H19N3O/c15-13(18)14(17-7-5-16-6-8-17)9-11-3-1-2-4-12(11)10-14/h1-4,16H,5-10H2,(H2,15,18). The van der Waals surface area contributed by atoms with E-state index in [2.05, 4.69) is 22.3 Å². The third-order valence-electron chi connectivity index (χ3n) is 4.27. The summed E-state index contributed by atoms with van der Waals surface area (Å²) in [5, 5.41) is 3.32. The summed E-state index contributed by atoms with van der Waals surface area (Å²) in [6, 6.07) is 8.30. The zero-order chi connectivity index (χ0) is 12.6. The number of hydrogen-bond donors (Lipinski definition) is 2. The van der Waals surface area contributed by atoms with Crippen molar-refractivity contribution in [2.75, 3.05) is 26.2 Å². The molecule has 1 aromatic carbocycles. The number of nitrogens with one attached hydrogen (secondary N) is 1. The van der Waals surface area contributed by atoms with Gasteiger partial charge >= 0.3 is 0 Å². The third kappa shape index (κ3) is 1.72. The fourth-order valence-electron chi connectivity index (χ4n) is 3.24. The summed E-state index contributed by atoms with van der Waals surface area (Å²) < 4.78 is 0.